The molecular weight excluding hydrogens is 456 g/mol. The molecule has 8 nitrogen and oxygen atoms in total. The molecule has 1 saturated carbocycles. The van der Waals surface area contributed by atoms with Crippen molar-refractivity contribution in [2.45, 2.75) is 50.7 Å². The maximum Gasteiger partial charge on any atom is 0.260 e. The van der Waals surface area contributed by atoms with Crippen LogP contribution in [0, 0.1) is 5.92 Å². The standard InChI is InChI=1S/C25H36N2O6S/c1-6-32-23(33-7-2)15-26-24(28)17-9-11-21-18(14-17)27(3)25(29)22(34-21)13-16-8-10-19(30-4)20(12-16)31-5/h8,10,12-13,17-18,21,23H,6-7,9,11,14-15H2,1-5H3,(H,26,28)/b22-13-. The summed E-state index contributed by atoms with van der Waals surface area (Å²) in [6.07, 6.45) is 3.79. The lowest BCUT2D eigenvalue weighted by atomic mass is 9.83. The summed E-state index contributed by atoms with van der Waals surface area (Å²) in [5.74, 6) is 1.13. The Kier molecular flexibility index (Phi) is 9.67. The van der Waals surface area contributed by atoms with Gasteiger partial charge in [-0.1, -0.05) is 6.07 Å². The SMILES string of the molecule is CCOC(CNC(=O)C1CCC2S/C(=C\c3ccc(OC)c(OC)c3)C(=O)N(C)C2C1)OCC. The number of nitrogens with one attached hydrogen (secondary N) is 1. The average molecular weight is 493 g/mol. The Morgan fingerprint density at radius 1 is 1.18 bits per heavy atom. The third-order valence-electron chi connectivity index (χ3n) is 6.29. The van der Waals surface area contributed by atoms with Gasteiger partial charge in [0.05, 0.1) is 25.7 Å². The highest BCUT2D eigenvalue weighted by Crippen LogP contribution is 2.43. The van der Waals surface area contributed by atoms with Crippen molar-refractivity contribution < 1.29 is 28.5 Å². The van der Waals surface area contributed by atoms with Gasteiger partial charge in [0, 0.05) is 37.5 Å². The van der Waals surface area contributed by atoms with Crippen molar-refractivity contribution in [3.05, 3.63) is 28.7 Å². The first-order chi connectivity index (χ1) is 16.4. The van der Waals surface area contributed by atoms with Crippen LogP contribution in [0.3, 0.4) is 0 Å². The molecule has 1 aliphatic carbocycles. The van der Waals surface area contributed by atoms with E-state index in [0.29, 0.717) is 42.6 Å². The molecule has 2 aliphatic rings. The summed E-state index contributed by atoms with van der Waals surface area (Å²) < 4.78 is 21.7. The van der Waals surface area contributed by atoms with Crippen molar-refractivity contribution in [1.82, 2.24) is 10.2 Å². The van der Waals surface area contributed by atoms with Gasteiger partial charge in [0.2, 0.25) is 5.91 Å². The van der Waals surface area contributed by atoms with Gasteiger partial charge in [0.15, 0.2) is 17.8 Å². The lowest BCUT2D eigenvalue weighted by molar-refractivity contribution is -0.143. The van der Waals surface area contributed by atoms with Crippen LogP contribution < -0.4 is 14.8 Å². The van der Waals surface area contributed by atoms with E-state index in [1.54, 1.807) is 30.9 Å². The summed E-state index contributed by atoms with van der Waals surface area (Å²) in [6, 6.07) is 5.64. The van der Waals surface area contributed by atoms with Crippen molar-refractivity contribution in [1.29, 1.82) is 0 Å². The lowest BCUT2D eigenvalue weighted by Gasteiger charge is -2.44. The third-order valence-corrected chi connectivity index (χ3v) is 7.69. The van der Waals surface area contributed by atoms with Crippen LogP contribution in [0.1, 0.15) is 38.7 Å². The number of ether oxygens (including phenoxy) is 4. The van der Waals surface area contributed by atoms with E-state index in [9.17, 15) is 9.59 Å². The highest BCUT2D eigenvalue weighted by molar-refractivity contribution is 8.04. The summed E-state index contributed by atoms with van der Waals surface area (Å²) in [6.45, 7) is 5.17. The largest absolute Gasteiger partial charge is 0.493 e. The summed E-state index contributed by atoms with van der Waals surface area (Å²) in [5.41, 5.74) is 0.881. The topological polar surface area (TPSA) is 86.3 Å². The second kappa shape index (κ2) is 12.5. The van der Waals surface area contributed by atoms with Crippen molar-refractivity contribution in [2.75, 3.05) is 41.0 Å². The molecule has 0 spiro atoms. The van der Waals surface area contributed by atoms with Crippen molar-refractivity contribution in [2.24, 2.45) is 5.92 Å². The summed E-state index contributed by atoms with van der Waals surface area (Å²) in [5, 5.41) is 3.23. The Morgan fingerprint density at radius 2 is 1.88 bits per heavy atom. The second-order valence-electron chi connectivity index (χ2n) is 8.36. The third kappa shape index (κ3) is 6.25. The predicted octanol–water partition coefficient (Wildman–Crippen LogP) is 3.30. The number of likely N-dealkylation sites (N-methyl/N-ethyl adjacent to an activating group) is 1. The van der Waals surface area contributed by atoms with Gasteiger partial charge in [0.1, 0.15) is 0 Å². The number of nitrogens with zero attached hydrogens (tertiary/aromatic N) is 1. The van der Waals surface area contributed by atoms with Gasteiger partial charge in [-0.05, 0) is 56.9 Å². The first-order valence-corrected chi connectivity index (χ1v) is 12.7. The van der Waals surface area contributed by atoms with Crippen LogP contribution in [0.2, 0.25) is 0 Å². The summed E-state index contributed by atoms with van der Waals surface area (Å²) >= 11 is 1.62. The van der Waals surface area contributed by atoms with Crippen LogP contribution in [-0.4, -0.2) is 75.3 Å². The molecule has 188 valence electrons. The number of hydrogen-bond acceptors (Lipinski definition) is 7. The van der Waals surface area contributed by atoms with Gasteiger partial charge in [-0.25, -0.2) is 0 Å². The quantitative estimate of drug-likeness (QED) is 0.396. The Labute approximate surface area is 206 Å². The molecule has 1 heterocycles. The van der Waals surface area contributed by atoms with E-state index in [1.165, 1.54) is 0 Å². The Balaban J connectivity index is 1.64. The van der Waals surface area contributed by atoms with Gasteiger partial charge in [-0.3, -0.25) is 9.59 Å². The van der Waals surface area contributed by atoms with Gasteiger partial charge < -0.3 is 29.2 Å². The highest BCUT2D eigenvalue weighted by Gasteiger charge is 2.42. The second-order valence-corrected chi connectivity index (χ2v) is 9.64. The number of benzene rings is 1. The monoisotopic (exact) mass is 492 g/mol. The number of carbonyl (C=O) groups excluding carboxylic acids is 2. The van der Waals surface area contributed by atoms with E-state index in [0.717, 1.165) is 18.4 Å². The van der Waals surface area contributed by atoms with Crippen LogP contribution in [-0.2, 0) is 19.1 Å². The van der Waals surface area contributed by atoms with Crippen LogP contribution in [0.5, 0.6) is 11.5 Å². The fraction of sp³-hybridized carbons (Fsp3) is 0.600. The van der Waals surface area contributed by atoms with Gasteiger partial charge in [-0.2, -0.15) is 0 Å². The first-order valence-electron chi connectivity index (χ1n) is 11.8. The van der Waals surface area contributed by atoms with Crippen LogP contribution in [0.15, 0.2) is 23.1 Å². The molecule has 3 atom stereocenters. The molecule has 1 aromatic rings. The maximum absolute atomic E-state index is 13.1. The van der Waals surface area contributed by atoms with E-state index in [1.807, 2.05) is 45.2 Å². The van der Waals surface area contributed by atoms with Crippen LogP contribution >= 0.6 is 11.8 Å². The van der Waals surface area contributed by atoms with Gasteiger partial charge >= 0.3 is 0 Å². The van der Waals surface area contributed by atoms with Crippen LogP contribution in [0.25, 0.3) is 6.08 Å². The predicted molar refractivity (Wildman–Crippen MR) is 133 cm³/mol. The Hall–Kier alpha value is -2.23. The lowest BCUT2D eigenvalue weighted by Crippen LogP contribution is -2.52. The zero-order valence-corrected chi connectivity index (χ0v) is 21.5. The fourth-order valence-electron chi connectivity index (χ4n) is 4.50. The molecule has 34 heavy (non-hydrogen) atoms. The minimum atomic E-state index is -0.436. The maximum atomic E-state index is 13.1. The number of hydrogen-bond donors (Lipinski definition) is 1. The number of rotatable bonds is 10. The van der Waals surface area contributed by atoms with Gasteiger partial charge in [-0.15, -0.1) is 11.8 Å². The molecule has 0 bridgehead atoms. The molecule has 2 amide bonds. The molecule has 1 saturated heterocycles. The molecule has 3 rings (SSSR count). The minimum absolute atomic E-state index is 0.000344. The van der Waals surface area contributed by atoms with E-state index in [4.69, 9.17) is 18.9 Å². The number of fused-ring (bicyclic) bond motifs is 1. The Bertz CT molecular complexity index is 886. The first kappa shape index (κ1) is 26.4. The zero-order valence-electron chi connectivity index (χ0n) is 20.7. The molecule has 0 radical (unpaired) electrons. The number of amides is 2. The number of thioether (sulfide) groups is 1. The Morgan fingerprint density at radius 3 is 2.53 bits per heavy atom. The minimum Gasteiger partial charge on any atom is -0.493 e. The normalized spacial score (nSPS) is 23.7. The van der Waals surface area contributed by atoms with E-state index < -0.39 is 6.29 Å². The van der Waals surface area contributed by atoms with Crippen LogP contribution in [0.4, 0.5) is 0 Å². The molecule has 2 fully saturated rings. The molecular formula is C25H36N2O6S. The molecule has 1 aliphatic heterocycles. The van der Waals surface area contributed by atoms with Gasteiger partial charge in [0.25, 0.3) is 5.91 Å². The van der Waals surface area contributed by atoms with E-state index >= 15 is 0 Å². The van der Waals surface area contributed by atoms with Crippen molar-refractivity contribution in [3.63, 3.8) is 0 Å². The smallest absolute Gasteiger partial charge is 0.260 e. The number of carbonyl (C=O) groups is 2. The van der Waals surface area contributed by atoms with E-state index in [2.05, 4.69) is 5.32 Å². The summed E-state index contributed by atoms with van der Waals surface area (Å²) in [7, 11) is 5.03. The summed E-state index contributed by atoms with van der Waals surface area (Å²) in [4.78, 5) is 28.5. The zero-order chi connectivity index (χ0) is 24.7. The van der Waals surface area contributed by atoms with Crippen molar-refractivity contribution >= 4 is 29.7 Å². The average Bonchev–Trinajstić information content (AvgIpc) is 2.85. The highest BCUT2D eigenvalue weighted by atomic mass is 32.2. The molecule has 1 aromatic carbocycles. The molecule has 3 unspecified atom stereocenters. The molecule has 0 aromatic heterocycles. The van der Waals surface area contributed by atoms with E-state index in [-0.39, 0.29) is 29.0 Å². The number of methoxy groups -OCH3 is 2. The van der Waals surface area contributed by atoms with Crippen molar-refractivity contribution in [3.8, 4) is 11.5 Å². The molecule has 9 heteroatoms. The fourth-order valence-corrected chi connectivity index (χ4v) is 5.98. The molecule has 1 N–H and O–H groups in total.